The molecule has 1 N–H and O–H groups in total. The molecule has 0 atom stereocenters. The maximum Gasteiger partial charge on any atom is 0.250 e. The molecule has 0 aliphatic rings. The molecule has 7 heteroatoms. The largest absolute Gasteiger partial charge is 0.314 e. The van der Waals surface area contributed by atoms with Gasteiger partial charge in [-0.3, -0.25) is 4.79 Å². The number of benzene rings is 3. The number of aromatic nitrogens is 2. The first-order valence-corrected chi connectivity index (χ1v) is 11.7. The van der Waals surface area contributed by atoms with Crippen LogP contribution in [0.4, 0.5) is 0 Å². The van der Waals surface area contributed by atoms with E-state index >= 15 is 0 Å². The Morgan fingerprint density at radius 3 is 2.62 bits per heavy atom. The molecular weight excluding hydrogens is 440 g/mol. The monoisotopic (exact) mass is 462 g/mol. The SMILES string of the molecule is CCc1ccc(/C=N\NC(=O)CSc2nc3ccccc3n2Cc2ccccc2Cl)cc1. The highest BCUT2D eigenvalue weighted by Gasteiger charge is 2.14. The van der Waals surface area contributed by atoms with E-state index in [2.05, 4.69) is 34.2 Å². The lowest BCUT2D eigenvalue weighted by Crippen LogP contribution is -2.20. The summed E-state index contributed by atoms with van der Waals surface area (Å²) < 4.78 is 2.09. The van der Waals surface area contributed by atoms with Crippen LogP contribution in [0.5, 0.6) is 0 Å². The fourth-order valence-electron chi connectivity index (χ4n) is 3.29. The zero-order valence-electron chi connectivity index (χ0n) is 17.7. The van der Waals surface area contributed by atoms with Gasteiger partial charge >= 0.3 is 0 Å². The number of hydrogen-bond donors (Lipinski definition) is 1. The van der Waals surface area contributed by atoms with Gasteiger partial charge < -0.3 is 4.57 Å². The Morgan fingerprint density at radius 2 is 1.84 bits per heavy atom. The van der Waals surface area contributed by atoms with E-state index in [9.17, 15) is 4.79 Å². The van der Waals surface area contributed by atoms with Gasteiger partial charge in [-0.2, -0.15) is 5.10 Å². The van der Waals surface area contributed by atoms with Gasteiger partial charge in [0.05, 0.1) is 29.5 Å². The predicted octanol–water partition coefficient (Wildman–Crippen LogP) is 5.54. The van der Waals surface area contributed by atoms with Crippen molar-refractivity contribution in [2.24, 2.45) is 5.10 Å². The molecule has 1 aromatic heterocycles. The Labute approximate surface area is 196 Å². The highest BCUT2D eigenvalue weighted by Crippen LogP contribution is 2.27. The molecule has 4 rings (SSSR count). The second kappa shape index (κ2) is 10.5. The molecule has 0 aliphatic carbocycles. The van der Waals surface area contributed by atoms with Crippen LogP contribution in [-0.4, -0.2) is 27.4 Å². The molecule has 0 saturated carbocycles. The second-order valence-electron chi connectivity index (χ2n) is 7.24. The van der Waals surface area contributed by atoms with Crippen molar-refractivity contribution in [2.75, 3.05) is 5.75 Å². The van der Waals surface area contributed by atoms with Crippen molar-refractivity contribution >= 4 is 46.5 Å². The van der Waals surface area contributed by atoms with Crippen molar-refractivity contribution in [1.82, 2.24) is 15.0 Å². The minimum absolute atomic E-state index is 0.187. The van der Waals surface area contributed by atoms with Gasteiger partial charge in [0.15, 0.2) is 5.16 Å². The van der Waals surface area contributed by atoms with Gasteiger partial charge in [-0.1, -0.05) is 84.9 Å². The van der Waals surface area contributed by atoms with Crippen molar-refractivity contribution in [2.45, 2.75) is 25.0 Å². The Bertz CT molecular complexity index is 1250. The van der Waals surface area contributed by atoms with Crippen LogP contribution in [0.2, 0.25) is 5.02 Å². The van der Waals surface area contributed by atoms with Gasteiger partial charge in [-0.05, 0) is 41.3 Å². The topological polar surface area (TPSA) is 59.3 Å². The molecule has 0 unspecified atom stereocenters. The number of amides is 1. The standard InChI is InChI=1S/C25H23ClN4OS/c1-2-18-11-13-19(14-12-18)15-27-29-24(31)17-32-25-28-22-9-5-6-10-23(22)30(25)16-20-7-3-4-8-21(20)26/h3-15H,2,16-17H2,1H3,(H,29,31)/b27-15-. The van der Waals surface area contributed by atoms with Crippen LogP contribution in [0.15, 0.2) is 83.1 Å². The maximum absolute atomic E-state index is 12.3. The summed E-state index contributed by atoms with van der Waals surface area (Å²) in [6.07, 6.45) is 2.64. The Morgan fingerprint density at radius 1 is 1.09 bits per heavy atom. The van der Waals surface area contributed by atoms with Gasteiger partial charge in [-0.15, -0.1) is 0 Å². The number of imidazole rings is 1. The molecule has 3 aromatic carbocycles. The minimum Gasteiger partial charge on any atom is -0.314 e. The van der Waals surface area contributed by atoms with E-state index in [1.54, 1.807) is 6.21 Å². The molecule has 0 spiro atoms. The number of thioether (sulfide) groups is 1. The van der Waals surface area contributed by atoms with Crippen LogP contribution in [0.1, 0.15) is 23.6 Å². The summed E-state index contributed by atoms with van der Waals surface area (Å²) in [6, 6.07) is 23.8. The summed E-state index contributed by atoms with van der Waals surface area (Å²) in [5.41, 5.74) is 7.69. The fraction of sp³-hybridized carbons (Fsp3) is 0.160. The van der Waals surface area contributed by atoms with Crippen LogP contribution in [0, 0.1) is 0 Å². The van der Waals surface area contributed by atoms with Gasteiger partial charge in [0, 0.05) is 5.02 Å². The molecule has 0 fully saturated rings. The molecule has 0 radical (unpaired) electrons. The number of nitrogens with one attached hydrogen (secondary N) is 1. The number of halogens is 1. The third-order valence-electron chi connectivity index (χ3n) is 5.03. The number of para-hydroxylation sites is 2. The zero-order chi connectivity index (χ0) is 22.3. The average molecular weight is 463 g/mol. The number of aryl methyl sites for hydroxylation is 1. The summed E-state index contributed by atoms with van der Waals surface area (Å²) in [4.78, 5) is 17.1. The van der Waals surface area contributed by atoms with Crippen LogP contribution in [-0.2, 0) is 17.8 Å². The Kier molecular flexibility index (Phi) is 7.24. The second-order valence-corrected chi connectivity index (χ2v) is 8.59. The van der Waals surface area contributed by atoms with Crippen molar-refractivity contribution in [3.05, 3.63) is 94.5 Å². The molecule has 4 aromatic rings. The molecule has 0 bridgehead atoms. The number of rotatable bonds is 8. The van der Waals surface area contributed by atoms with E-state index in [-0.39, 0.29) is 11.7 Å². The lowest BCUT2D eigenvalue weighted by atomic mass is 10.1. The average Bonchev–Trinajstić information content (AvgIpc) is 3.17. The molecule has 0 aliphatic heterocycles. The Hall–Kier alpha value is -3.09. The van der Waals surface area contributed by atoms with Crippen LogP contribution < -0.4 is 5.43 Å². The molecule has 1 heterocycles. The van der Waals surface area contributed by atoms with Crippen molar-refractivity contribution in [1.29, 1.82) is 0 Å². The summed E-state index contributed by atoms with van der Waals surface area (Å²) >= 11 is 7.76. The van der Waals surface area contributed by atoms with E-state index in [1.165, 1.54) is 17.3 Å². The zero-order valence-corrected chi connectivity index (χ0v) is 19.2. The maximum atomic E-state index is 12.3. The first-order valence-electron chi connectivity index (χ1n) is 10.4. The lowest BCUT2D eigenvalue weighted by Gasteiger charge is -2.10. The molecule has 1 amide bonds. The van der Waals surface area contributed by atoms with Gasteiger partial charge in [-0.25, -0.2) is 10.4 Å². The summed E-state index contributed by atoms with van der Waals surface area (Å²) in [5.74, 6) is 0.0191. The van der Waals surface area contributed by atoms with Crippen LogP contribution >= 0.6 is 23.4 Å². The highest BCUT2D eigenvalue weighted by atomic mass is 35.5. The minimum atomic E-state index is -0.187. The number of fused-ring (bicyclic) bond motifs is 1. The van der Waals surface area contributed by atoms with Gasteiger partial charge in [0.1, 0.15) is 0 Å². The number of carbonyl (C=O) groups excluding carboxylic acids is 1. The molecular formula is C25H23ClN4OS. The van der Waals surface area contributed by atoms with Gasteiger partial charge in [0.2, 0.25) is 0 Å². The summed E-state index contributed by atoms with van der Waals surface area (Å²) in [6.45, 7) is 2.69. The van der Waals surface area contributed by atoms with E-state index in [4.69, 9.17) is 16.6 Å². The molecule has 32 heavy (non-hydrogen) atoms. The van der Waals surface area contributed by atoms with E-state index in [0.29, 0.717) is 11.6 Å². The van der Waals surface area contributed by atoms with E-state index in [1.807, 2.05) is 60.7 Å². The molecule has 162 valence electrons. The lowest BCUT2D eigenvalue weighted by molar-refractivity contribution is -0.118. The smallest absolute Gasteiger partial charge is 0.250 e. The quantitative estimate of drug-likeness (QED) is 0.212. The Balaban J connectivity index is 1.43. The van der Waals surface area contributed by atoms with Crippen molar-refractivity contribution in [3.8, 4) is 0 Å². The number of hydrazone groups is 1. The highest BCUT2D eigenvalue weighted by molar-refractivity contribution is 7.99. The first-order chi connectivity index (χ1) is 15.6. The first kappa shape index (κ1) is 22.1. The summed E-state index contributed by atoms with van der Waals surface area (Å²) in [7, 11) is 0. The molecule has 5 nitrogen and oxygen atoms in total. The summed E-state index contributed by atoms with van der Waals surface area (Å²) in [5, 5.41) is 5.54. The third-order valence-corrected chi connectivity index (χ3v) is 6.37. The van der Waals surface area contributed by atoms with Crippen LogP contribution in [0.25, 0.3) is 11.0 Å². The van der Waals surface area contributed by atoms with Crippen LogP contribution in [0.3, 0.4) is 0 Å². The normalized spacial score (nSPS) is 11.3. The van der Waals surface area contributed by atoms with Crippen molar-refractivity contribution < 1.29 is 4.79 Å². The number of hydrogen-bond acceptors (Lipinski definition) is 4. The van der Waals surface area contributed by atoms with Gasteiger partial charge in [0.25, 0.3) is 5.91 Å². The number of nitrogens with zero attached hydrogens (tertiary/aromatic N) is 3. The fourth-order valence-corrected chi connectivity index (χ4v) is 4.30. The number of carbonyl (C=O) groups is 1. The van der Waals surface area contributed by atoms with E-state index < -0.39 is 0 Å². The third kappa shape index (κ3) is 5.39. The van der Waals surface area contributed by atoms with E-state index in [0.717, 1.165) is 33.7 Å². The predicted molar refractivity (Wildman–Crippen MR) is 133 cm³/mol. The van der Waals surface area contributed by atoms with Crippen molar-refractivity contribution in [3.63, 3.8) is 0 Å². The molecule has 0 saturated heterocycles.